The summed E-state index contributed by atoms with van der Waals surface area (Å²) in [6, 6.07) is 0.801. The van der Waals surface area contributed by atoms with Crippen LogP contribution in [0.4, 0.5) is 26.3 Å². The molecular formula is C19H13F6NO4S2. The molecule has 2 heterocycles. The number of carbonyl (C=O) groups is 1. The van der Waals surface area contributed by atoms with Crippen molar-refractivity contribution in [3.8, 4) is 11.8 Å². The average molecular weight is 497 g/mol. The van der Waals surface area contributed by atoms with E-state index < -0.39 is 51.1 Å². The van der Waals surface area contributed by atoms with Crippen molar-refractivity contribution in [2.24, 2.45) is 0 Å². The number of nitrogens with zero attached hydrogens (tertiary/aromatic N) is 1. The van der Waals surface area contributed by atoms with Gasteiger partial charge in [-0.05, 0) is 30.7 Å². The molecule has 5 nitrogen and oxygen atoms in total. The lowest BCUT2D eigenvalue weighted by atomic mass is 10.0. The maximum absolute atomic E-state index is 13.0. The second-order valence-corrected chi connectivity index (χ2v) is 9.75. The Morgan fingerprint density at radius 3 is 2.09 bits per heavy atom. The van der Waals surface area contributed by atoms with Gasteiger partial charge in [-0.3, -0.25) is 4.79 Å². The zero-order chi connectivity index (χ0) is 24.1. The van der Waals surface area contributed by atoms with E-state index in [0.29, 0.717) is 12.1 Å². The summed E-state index contributed by atoms with van der Waals surface area (Å²) in [5, 5.41) is 9.22. The fourth-order valence-electron chi connectivity index (χ4n) is 3.09. The van der Waals surface area contributed by atoms with Crippen LogP contribution in [-0.2, 0) is 33.7 Å². The number of carboxylic acids is 1. The molecule has 0 amide bonds. The molecule has 13 heteroatoms. The van der Waals surface area contributed by atoms with Crippen LogP contribution >= 0.6 is 11.3 Å². The Balaban J connectivity index is 1.97. The van der Waals surface area contributed by atoms with E-state index in [1.807, 2.05) is 0 Å². The maximum Gasteiger partial charge on any atom is 0.416 e. The molecular weight excluding hydrogens is 484 g/mol. The van der Waals surface area contributed by atoms with Crippen molar-refractivity contribution in [2.45, 2.75) is 43.2 Å². The Labute approximate surface area is 182 Å². The molecule has 1 atom stereocenters. The Bertz CT molecular complexity index is 1200. The first-order chi connectivity index (χ1) is 14.6. The van der Waals surface area contributed by atoms with Gasteiger partial charge < -0.3 is 5.11 Å². The fourth-order valence-corrected chi connectivity index (χ4v) is 6.34. The van der Waals surface area contributed by atoms with Crippen molar-refractivity contribution >= 4 is 27.3 Å². The molecule has 0 fully saturated rings. The summed E-state index contributed by atoms with van der Waals surface area (Å²) in [4.78, 5) is 11.5. The van der Waals surface area contributed by atoms with E-state index in [1.54, 1.807) is 0 Å². The molecule has 2 aromatic rings. The minimum atomic E-state index is -5.01. The Kier molecular flexibility index (Phi) is 6.09. The molecule has 1 aliphatic rings. The normalized spacial score (nSPS) is 16.8. The van der Waals surface area contributed by atoms with Gasteiger partial charge in [0.15, 0.2) is 0 Å². The monoisotopic (exact) mass is 497 g/mol. The van der Waals surface area contributed by atoms with Crippen LogP contribution in [0.25, 0.3) is 0 Å². The number of carboxylic acid groups (broad SMARTS) is 1. The molecule has 1 aromatic heterocycles. The van der Waals surface area contributed by atoms with Gasteiger partial charge in [0, 0.05) is 10.4 Å². The predicted molar refractivity (Wildman–Crippen MR) is 101 cm³/mol. The second-order valence-electron chi connectivity index (χ2n) is 6.76. The topological polar surface area (TPSA) is 74.7 Å². The molecule has 3 rings (SSSR count). The summed E-state index contributed by atoms with van der Waals surface area (Å²) >= 11 is 0.875. The number of hydrogen-bond acceptors (Lipinski definition) is 4. The van der Waals surface area contributed by atoms with Gasteiger partial charge in [-0.15, -0.1) is 11.3 Å². The van der Waals surface area contributed by atoms with Crippen LogP contribution in [0.15, 0.2) is 29.2 Å². The molecule has 0 bridgehead atoms. The van der Waals surface area contributed by atoms with Gasteiger partial charge in [0.05, 0.1) is 27.4 Å². The van der Waals surface area contributed by atoms with E-state index in [4.69, 9.17) is 0 Å². The van der Waals surface area contributed by atoms with Crippen LogP contribution in [0, 0.1) is 11.8 Å². The fraction of sp³-hybridized carbons (Fsp3) is 0.316. The van der Waals surface area contributed by atoms with Crippen molar-refractivity contribution in [2.75, 3.05) is 0 Å². The smallest absolute Gasteiger partial charge is 0.416 e. The standard InChI is InChI=1S/C19H13F6NO4S2/c1-2-14(17(27)28)26-9-15-16(32(26,29)30)8-13(31-15)4-3-10-5-11(18(20,21)22)7-12(6-10)19(23,24)25/h5-8,14H,2,9H2,1H3,(H,27,28). The summed E-state index contributed by atoms with van der Waals surface area (Å²) in [7, 11) is -4.12. The van der Waals surface area contributed by atoms with Crippen LogP contribution in [0.5, 0.6) is 0 Å². The molecule has 1 aromatic carbocycles. The number of benzene rings is 1. The molecule has 1 N–H and O–H groups in total. The van der Waals surface area contributed by atoms with Crippen molar-refractivity contribution < 1.29 is 44.7 Å². The number of sulfonamides is 1. The highest BCUT2D eigenvalue weighted by Crippen LogP contribution is 2.39. The third-order valence-electron chi connectivity index (χ3n) is 4.59. The third-order valence-corrected chi connectivity index (χ3v) is 7.68. The highest BCUT2D eigenvalue weighted by Gasteiger charge is 2.43. The lowest BCUT2D eigenvalue weighted by Gasteiger charge is -2.21. The summed E-state index contributed by atoms with van der Waals surface area (Å²) in [5.41, 5.74) is -3.56. The number of aliphatic carboxylic acids is 1. The average Bonchev–Trinajstić information content (AvgIpc) is 3.17. The van der Waals surface area contributed by atoms with E-state index in [2.05, 4.69) is 11.8 Å². The van der Waals surface area contributed by atoms with E-state index in [-0.39, 0.29) is 33.7 Å². The minimum absolute atomic E-state index is 0.0153. The SMILES string of the molecule is CCC(C(=O)O)N1Cc2sc(C#Cc3cc(C(F)(F)F)cc(C(F)(F)F)c3)cc2S1(=O)=O. The van der Waals surface area contributed by atoms with E-state index >= 15 is 0 Å². The molecule has 1 unspecified atom stereocenters. The van der Waals surface area contributed by atoms with E-state index in [1.165, 1.54) is 6.92 Å². The van der Waals surface area contributed by atoms with Gasteiger partial charge in [-0.1, -0.05) is 18.8 Å². The molecule has 0 saturated carbocycles. The summed E-state index contributed by atoms with van der Waals surface area (Å²) in [5.74, 6) is 3.32. The number of halogens is 6. The molecule has 1 aliphatic heterocycles. The molecule has 172 valence electrons. The van der Waals surface area contributed by atoms with Crippen LogP contribution < -0.4 is 0 Å². The third kappa shape index (κ3) is 4.62. The minimum Gasteiger partial charge on any atom is -0.480 e. The van der Waals surface area contributed by atoms with Crippen molar-refractivity contribution in [3.63, 3.8) is 0 Å². The lowest BCUT2D eigenvalue weighted by Crippen LogP contribution is -2.40. The highest BCUT2D eigenvalue weighted by atomic mass is 32.2. The molecule has 0 spiro atoms. The number of thiophene rings is 1. The van der Waals surface area contributed by atoms with E-state index in [9.17, 15) is 44.7 Å². The maximum atomic E-state index is 13.0. The Morgan fingerprint density at radius 1 is 1.09 bits per heavy atom. The number of rotatable bonds is 3. The van der Waals surface area contributed by atoms with Crippen LogP contribution in [0.3, 0.4) is 0 Å². The lowest BCUT2D eigenvalue weighted by molar-refractivity contribution is -0.143. The van der Waals surface area contributed by atoms with Gasteiger partial charge in [0.25, 0.3) is 0 Å². The van der Waals surface area contributed by atoms with Crippen LogP contribution in [-0.4, -0.2) is 29.8 Å². The predicted octanol–water partition coefficient (Wildman–Crippen LogP) is 4.55. The summed E-state index contributed by atoms with van der Waals surface area (Å²) in [6.45, 7) is 1.30. The van der Waals surface area contributed by atoms with Gasteiger partial charge in [-0.25, -0.2) is 8.42 Å². The number of alkyl halides is 6. The van der Waals surface area contributed by atoms with E-state index in [0.717, 1.165) is 21.7 Å². The number of fused-ring (bicyclic) bond motifs is 1. The zero-order valence-electron chi connectivity index (χ0n) is 16.0. The first kappa shape index (κ1) is 24.1. The van der Waals surface area contributed by atoms with Gasteiger partial charge in [0.2, 0.25) is 10.0 Å². The van der Waals surface area contributed by atoms with Crippen molar-refractivity contribution in [1.82, 2.24) is 4.31 Å². The zero-order valence-corrected chi connectivity index (χ0v) is 17.6. The second kappa shape index (κ2) is 8.09. The molecule has 0 aliphatic carbocycles. The Morgan fingerprint density at radius 2 is 1.66 bits per heavy atom. The first-order valence-corrected chi connectivity index (χ1v) is 11.1. The Hall–Kier alpha value is -2.56. The van der Waals surface area contributed by atoms with Gasteiger partial charge >= 0.3 is 18.3 Å². The number of hydrogen-bond donors (Lipinski definition) is 1. The summed E-state index contributed by atoms with van der Waals surface area (Å²) < 4.78 is 104. The molecule has 0 saturated heterocycles. The van der Waals surface area contributed by atoms with Crippen molar-refractivity contribution in [1.29, 1.82) is 0 Å². The molecule has 32 heavy (non-hydrogen) atoms. The van der Waals surface area contributed by atoms with Crippen LogP contribution in [0.1, 0.15) is 39.8 Å². The van der Waals surface area contributed by atoms with Crippen molar-refractivity contribution in [3.05, 3.63) is 50.7 Å². The first-order valence-electron chi connectivity index (χ1n) is 8.83. The van der Waals surface area contributed by atoms with Gasteiger partial charge in [-0.2, -0.15) is 30.6 Å². The largest absolute Gasteiger partial charge is 0.480 e. The quantitative estimate of drug-likeness (QED) is 0.499. The highest BCUT2D eigenvalue weighted by molar-refractivity contribution is 7.89. The van der Waals surface area contributed by atoms with Crippen LogP contribution in [0.2, 0.25) is 0 Å². The van der Waals surface area contributed by atoms with Gasteiger partial charge in [0.1, 0.15) is 6.04 Å². The summed E-state index contributed by atoms with van der Waals surface area (Å²) in [6.07, 6.45) is -9.99. The molecule has 0 radical (unpaired) electrons.